The van der Waals surface area contributed by atoms with Gasteiger partial charge in [0.15, 0.2) is 11.6 Å². The van der Waals surface area contributed by atoms with Gasteiger partial charge < -0.3 is 4.42 Å². The molecule has 4 nitrogen and oxygen atoms in total. The van der Waals surface area contributed by atoms with E-state index in [1.54, 1.807) is 11.3 Å². The van der Waals surface area contributed by atoms with E-state index in [9.17, 15) is 0 Å². The van der Waals surface area contributed by atoms with Gasteiger partial charge in [-0.25, -0.2) is 4.98 Å². The van der Waals surface area contributed by atoms with E-state index in [2.05, 4.69) is 52.4 Å². The highest BCUT2D eigenvalue weighted by molar-refractivity contribution is 7.25. The summed E-state index contributed by atoms with van der Waals surface area (Å²) < 4.78 is 8.40. The van der Waals surface area contributed by atoms with Crippen LogP contribution in [0.4, 0.5) is 0 Å². The van der Waals surface area contributed by atoms with Gasteiger partial charge in [0.05, 0.1) is 0 Å². The van der Waals surface area contributed by atoms with Crippen molar-refractivity contribution in [3.63, 3.8) is 0 Å². The van der Waals surface area contributed by atoms with Crippen molar-refractivity contribution in [2.45, 2.75) is 0 Å². The molecule has 0 saturated heterocycles. The van der Waals surface area contributed by atoms with Gasteiger partial charge in [-0.1, -0.05) is 48.5 Å². The van der Waals surface area contributed by atoms with Crippen LogP contribution in [-0.4, -0.2) is 15.0 Å². The number of aromatic nitrogens is 3. The molecule has 7 aromatic rings. The van der Waals surface area contributed by atoms with Crippen molar-refractivity contribution in [3.05, 3.63) is 90.2 Å². The molecule has 33 heavy (non-hydrogen) atoms. The third kappa shape index (κ3) is 3.01. The van der Waals surface area contributed by atoms with Crippen LogP contribution in [0.2, 0.25) is 5.28 Å². The van der Waals surface area contributed by atoms with Crippen molar-refractivity contribution < 1.29 is 4.42 Å². The lowest BCUT2D eigenvalue weighted by Gasteiger charge is -2.05. The highest BCUT2D eigenvalue weighted by Gasteiger charge is 2.14. The zero-order valence-electron chi connectivity index (χ0n) is 17.1. The Morgan fingerprint density at radius 3 is 2.12 bits per heavy atom. The largest absolute Gasteiger partial charge is 0.456 e. The van der Waals surface area contributed by atoms with Crippen molar-refractivity contribution >= 4 is 65.0 Å². The molecule has 0 bridgehead atoms. The van der Waals surface area contributed by atoms with Gasteiger partial charge >= 0.3 is 0 Å². The maximum atomic E-state index is 6.35. The number of hydrogen-bond acceptors (Lipinski definition) is 5. The number of furan rings is 1. The fourth-order valence-electron chi connectivity index (χ4n) is 4.34. The standard InChI is InChI=1S/C27H14ClN3OS/c28-27-30-25(15-10-12-22-20(13-15)17-5-1-3-7-21(17)32-22)29-26(31-27)16-9-11-19-18-6-2-4-8-23(18)33-24(19)14-16/h1-14H. The number of hydrogen-bond donors (Lipinski definition) is 0. The molecule has 0 aliphatic carbocycles. The lowest BCUT2D eigenvalue weighted by Crippen LogP contribution is -1.97. The number of fused-ring (bicyclic) bond motifs is 6. The molecule has 6 heteroatoms. The van der Waals surface area contributed by atoms with Crippen molar-refractivity contribution in [2.24, 2.45) is 0 Å². The van der Waals surface area contributed by atoms with Gasteiger partial charge in [-0.15, -0.1) is 11.3 Å². The molecule has 0 amide bonds. The predicted octanol–water partition coefficient (Wildman–Crippen LogP) is 8.13. The van der Waals surface area contributed by atoms with E-state index in [-0.39, 0.29) is 5.28 Å². The molecule has 0 saturated carbocycles. The second-order valence-corrected chi connectivity index (χ2v) is 9.29. The van der Waals surface area contributed by atoms with Crippen LogP contribution in [-0.2, 0) is 0 Å². The first-order chi connectivity index (χ1) is 16.2. The summed E-state index contributed by atoms with van der Waals surface area (Å²) in [5.41, 5.74) is 3.46. The normalized spacial score (nSPS) is 11.8. The van der Waals surface area contributed by atoms with E-state index in [0.29, 0.717) is 11.6 Å². The summed E-state index contributed by atoms with van der Waals surface area (Å²) in [6.07, 6.45) is 0. The molecule has 0 radical (unpaired) electrons. The van der Waals surface area contributed by atoms with E-state index in [1.165, 1.54) is 20.2 Å². The summed E-state index contributed by atoms with van der Waals surface area (Å²) in [7, 11) is 0. The number of rotatable bonds is 2. The first-order valence-electron chi connectivity index (χ1n) is 10.5. The third-order valence-corrected chi connectivity index (χ3v) is 7.18. The van der Waals surface area contributed by atoms with Crippen molar-refractivity contribution in [3.8, 4) is 22.8 Å². The van der Waals surface area contributed by atoms with Gasteiger partial charge in [0.2, 0.25) is 5.28 Å². The average molecular weight is 464 g/mol. The summed E-state index contributed by atoms with van der Waals surface area (Å²) in [5.74, 6) is 1.09. The van der Waals surface area contributed by atoms with Crippen molar-refractivity contribution in [1.82, 2.24) is 15.0 Å². The van der Waals surface area contributed by atoms with E-state index in [0.717, 1.165) is 33.1 Å². The Hall–Kier alpha value is -3.80. The number of nitrogens with zero attached hydrogens (tertiary/aromatic N) is 3. The van der Waals surface area contributed by atoms with Crippen molar-refractivity contribution in [1.29, 1.82) is 0 Å². The molecular weight excluding hydrogens is 450 g/mol. The average Bonchev–Trinajstić information content (AvgIpc) is 3.41. The Balaban J connectivity index is 1.38. The highest BCUT2D eigenvalue weighted by Crippen LogP contribution is 2.36. The highest BCUT2D eigenvalue weighted by atomic mass is 35.5. The molecule has 7 rings (SSSR count). The van der Waals surface area contributed by atoms with E-state index >= 15 is 0 Å². The van der Waals surface area contributed by atoms with Gasteiger partial charge in [0, 0.05) is 42.1 Å². The van der Waals surface area contributed by atoms with Crippen LogP contribution >= 0.6 is 22.9 Å². The quantitative estimate of drug-likeness (QED) is 0.259. The summed E-state index contributed by atoms with van der Waals surface area (Å²) >= 11 is 8.11. The van der Waals surface area contributed by atoms with Gasteiger partial charge in [-0.2, -0.15) is 9.97 Å². The number of benzene rings is 4. The number of para-hydroxylation sites is 1. The number of thiophene rings is 1. The smallest absolute Gasteiger partial charge is 0.226 e. The van der Waals surface area contributed by atoms with Crippen LogP contribution in [0.5, 0.6) is 0 Å². The minimum atomic E-state index is 0.170. The molecular formula is C27H14ClN3OS. The van der Waals surface area contributed by atoms with E-state index < -0.39 is 0 Å². The molecule has 3 aromatic heterocycles. The monoisotopic (exact) mass is 463 g/mol. The summed E-state index contributed by atoms with van der Waals surface area (Å²) in [4.78, 5) is 13.6. The summed E-state index contributed by atoms with van der Waals surface area (Å²) in [6.45, 7) is 0. The third-order valence-electron chi connectivity index (χ3n) is 5.88. The van der Waals surface area contributed by atoms with E-state index in [4.69, 9.17) is 21.0 Å². The lowest BCUT2D eigenvalue weighted by atomic mass is 10.1. The molecule has 0 N–H and O–H groups in total. The van der Waals surface area contributed by atoms with Gasteiger partial charge in [-0.3, -0.25) is 0 Å². The predicted molar refractivity (Wildman–Crippen MR) is 136 cm³/mol. The Morgan fingerprint density at radius 1 is 0.576 bits per heavy atom. The first-order valence-corrected chi connectivity index (χ1v) is 11.7. The minimum absolute atomic E-state index is 0.170. The minimum Gasteiger partial charge on any atom is -0.456 e. The second-order valence-electron chi connectivity index (χ2n) is 7.87. The number of halogens is 1. The van der Waals surface area contributed by atoms with Crippen LogP contribution in [0.25, 0.3) is 64.9 Å². The van der Waals surface area contributed by atoms with Crippen LogP contribution < -0.4 is 0 Å². The molecule has 156 valence electrons. The second kappa shape index (κ2) is 7.10. The van der Waals surface area contributed by atoms with Crippen molar-refractivity contribution in [2.75, 3.05) is 0 Å². The SMILES string of the molecule is Clc1nc(-c2ccc3c(c2)sc2ccccc23)nc(-c2ccc3oc4ccccc4c3c2)n1. The first kappa shape index (κ1) is 18.7. The molecule has 0 spiro atoms. The molecule has 0 aliphatic rings. The Kier molecular flexibility index (Phi) is 4.03. The maximum Gasteiger partial charge on any atom is 0.226 e. The van der Waals surface area contributed by atoms with Crippen LogP contribution in [0, 0.1) is 0 Å². The topological polar surface area (TPSA) is 51.8 Å². The Bertz CT molecular complexity index is 1850. The molecule has 4 aromatic carbocycles. The summed E-state index contributed by atoms with van der Waals surface area (Å²) in [5, 5.41) is 4.75. The maximum absolute atomic E-state index is 6.35. The van der Waals surface area contributed by atoms with E-state index in [1.807, 2.05) is 42.5 Å². The summed E-state index contributed by atoms with van der Waals surface area (Å²) in [6, 6.07) is 28.7. The fraction of sp³-hybridized carbons (Fsp3) is 0. The Morgan fingerprint density at radius 2 is 1.24 bits per heavy atom. The zero-order valence-corrected chi connectivity index (χ0v) is 18.7. The van der Waals surface area contributed by atoms with Crippen LogP contribution in [0.1, 0.15) is 0 Å². The Labute approximate surface area is 197 Å². The molecule has 0 atom stereocenters. The lowest BCUT2D eigenvalue weighted by molar-refractivity contribution is 0.669. The van der Waals surface area contributed by atoms with Gasteiger partial charge in [-0.05, 0) is 48.0 Å². The molecule has 0 fully saturated rings. The molecule has 0 unspecified atom stereocenters. The van der Waals surface area contributed by atoms with Gasteiger partial charge in [0.25, 0.3) is 0 Å². The van der Waals surface area contributed by atoms with Gasteiger partial charge in [0.1, 0.15) is 11.2 Å². The zero-order chi connectivity index (χ0) is 21.9. The van der Waals surface area contributed by atoms with Crippen LogP contribution in [0.15, 0.2) is 89.3 Å². The molecule has 3 heterocycles. The molecule has 0 aliphatic heterocycles. The fourth-order valence-corrected chi connectivity index (χ4v) is 5.64. The van der Waals surface area contributed by atoms with Crippen LogP contribution in [0.3, 0.4) is 0 Å².